The predicted molar refractivity (Wildman–Crippen MR) is 114 cm³/mol. The number of hydrogen-bond donors (Lipinski definition) is 2. The zero-order chi connectivity index (χ0) is 19.3. The van der Waals surface area contributed by atoms with E-state index in [0.717, 1.165) is 41.6 Å². The molecular weight excluding hydrogens is 414 g/mol. The van der Waals surface area contributed by atoms with E-state index in [1.807, 2.05) is 25.1 Å². The number of nitrogens with zero attached hydrogens (tertiary/aromatic N) is 3. The molecule has 5 rings (SSSR count). The van der Waals surface area contributed by atoms with Gasteiger partial charge in [-0.15, -0.1) is 11.3 Å². The number of aromatic nitrogens is 3. The Morgan fingerprint density at radius 2 is 2.04 bits per heavy atom. The van der Waals surface area contributed by atoms with E-state index in [4.69, 9.17) is 16.6 Å². The van der Waals surface area contributed by atoms with E-state index in [1.165, 1.54) is 23.1 Å². The molecule has 2 N–H and O–H groups in total. The highest BCUT2D eigenvalue weighted by molar-refractivity contribution is 7.99. The Bertz CT molecular complexity index is 1240. The Balaban J connectivity index is 1.62. The first-order valence-corrected chi connectivity index (χ1v) is 10.7. The molecule has 0 radical (unpaired) electrons. The van der Waals surface area contributed by atoms with Crippen molar-refractivity contribution >= 4 is 67.3 Å². The molecule has 0 saturated carbocycles. The molecule has 140 valence electrons. The molecule has 3 aromatic heterocycles. The molecule has 4 aromatic rings. The number of carbonyl (C=O) groups is 1. The van der Waals surface area contributed by atoms with Crippen molar-refractivity contribution in [2.75, 3.05) is 11.9 Å². The third-order valence-corrected chi connectivity index (χ3v) is 6.68. The minimum absolute atomic E-state index is 0.0253. The maximum absolute atomic E-state index is 12.5. The minimum Gasteiger partial charge on any atom is -0.381 e. The molecule has 4 heterocycles. The van der Waals surface area contributed by atoms with Gasteiger partial charge in [-0.2, -0.15) is 0 Å². The first-order chi connectivity index (χ1) is 13.6. The molecule has 1 amide bonds. The fourth-order valence-electron chi connectivity index (χ4n) is 3.25. The van der Waals surface area contributed by atoms with Crippen molar-refractivity contribution in [3.05, 3.63) is 46.7 Å². The van der Waals surface area contributed by atoms with Crippen molar-refractivity contribution < 1.29 is 4.79 Å². The van der Waals surface area contributed by atoms with Gasteiger partial charge in [0.15, 0.2) is 0 Å². The van der Waals surface area contributed by atoms with Gasteiger partial charge in [0, 0.05) is 34.3 Å². The smallest absolute Gasteiger partial charge is 0.263 e. The van der Waals surface area contributed by atoms with E-state index < -0.39 is 0 Å². The number of halogens is 1. The number of rotatable bonds is 2. The highest BCUT2D eigenvalue weighted by Gasteiger charge is 2.24. The third kappa shape index (κ3) is 3.07. The number of nitrogens with one attached hydrogen (secondary N) is 2. The van der Waals surface area contributed by atoms with Crippen LogP contribution in [0, 0.1) is 0 Å². The van der Waals surface area contributed by atoms with Crippen LogP contribution >= 0.6 is 34.7 Å². The molecule has 1 aliphatic rings. The maximum Gasteiger partial charge on any atom is 0.263 e. The van der Waals surface area contributed by atoms with Crippen LogP contribution in [0.25, 0.3) is 21.0 Å². The van der Waals surface area contributed by atoms with Gasteiger partial charge in [0.25, 0.3) is 5.91 Å². The highest BCUT2D eigenvalue weighted by atomic mass is 35.5. The Hall–Kier alpha value is -2.42. The average molecular weight is 428 g/mol. The number of carbonyl (C=O) groups excluding carboxylic acids is 1. The lowest BCUT2D eigenvalue weighted by molar-refractivity contribution is 0.0949. The Kier molecular flexibility index (Phi) is 4.34. The molecule has 0 fully saturated rings. The van der Waals surface area contributed by atoms with Gasteiger partial charge >= 0.3 is 0 Å². The maximum atomic E-state index is 12.5. The second-order valence-electron chi connectivity index (χ2n) is 6.48. The molecule has 0 bridgehead atoms. The lowest BCUT2D eigenvalue weighted by atomic mass is 10.1. The lowest BCUT2D eigenvalue weighted by Crippen LogP contribution is -2.34. The summed E-state index contributed by atoms with van der Waals surface area (Å²) in [7, 11) is 0. The molecule has 6 nitrogen and oxygen atoms in total. The van der Waals surface area contributed by atoms with E-state index in [-0.39, 0.29) is 17.2 Å². The van der Waals surface area contributed by atoms with Crippen molar-refractivity contribution in [3.8, 4) is 0 Å². The fourth-order valence-corrected chi connectivity index (χ4v) is 5.30. The first-order valence-electron chi connectivity index (χ1n) is 8.66. The van der Waals surface area contributed by atoms with Gasteiger partial charge in [-0.3, -0.25) is 4.79 Å². The molecule has 0 saturated heterocycles. The largest absolute Gasteiger partial charge is 0.381 e. The molecule has 0 aliphatic carbocycles. The molecular formula is C19H14ClN5OS2. The average Bonchev–Trinajstić information content (AvgIpc) is 2.99. The minimum atomic E-state index is -0.0253. The Labute approximate surface area is 173 Å². The summed E-state index contributed by atoms with van der Waals surface area (Å²) in [5.74, 6) is -0.0253. The number of amides is 1. The van der Waals surface area contributed by atoms with Gasteiger partial charge in [0.05, 0.1) is 11.2 Å². The van der Waals surface area contributed by atoms with Crippen molar-refractivity contribution in [3.63, 3.8) is 0 Å². The molecule has 0 spiro atoms. The summed E-state index contributed by atoms with van der Waals surface area (Å²) in [6.45, 7) is 2.68. The summed E-state index contributed by atoms with van der Waals surface area (Å²) in [6.07, 6.45) is 1.63. The lowest BCUT2D eigenvalue weighted by Gasteiger charge is -2.10. The molecule has 28 heavy (non-hydrogen) atoms. The van der Waals surface area contributed by atoms with Crippen LogP contribution in [0.3, 0.4) is 0 Å². The molecule has 1 aromatic carbocycles. The van der Waals surface area contributed by atoms with Gasteiger partial charge in [0.2, 0.25) is 5.28 Å². The monoisotopic (exact) mass is 427 g/mol. The van der Waals surface area contributed by atoms with Crippen molar-refractivity contribution in [1.82, 2.24) is 20.3 Å². The van der Waals surface area contributed by atoms with Crippen molar-refractivity contribution in [2.24, 2.45) is 0 Å². The second kappa shape index (κ2) is 6.88. The number of thiophene rings is 1. The van der Waals surface area contributed by atoms with Crippen LogP contribution < -0.4 is 10.6 Å². The standard InChI is InChI=1S/C19H14ClN5OS2/c1-9-8-22-16-15-10-2-5-13(28-14-6-7-21-19(20)25-14)24-11(10)3-4-12(15)27-17(16)18(26)23-9/h2-7,9,22H,8H2,1H3,(H,23,26)/t9-/m1/s1. The number of anilines is 1. The fraction of sp³-hybridized carbons (Fsp3) is 0.158. The van der Waals surface area contributed by atoms with Crippen LogP contribution in [0.1, 0.15) is 16.6 Å². The third-order valence-electron chi connectivity index (χ3n) is 4.48. The molecule has 0 unspecified atom stereocenters. The van der Waals surface area contributed by atoms with E-state index >= 15 is 0 Å². The van der Waals surface area contributed by atoms with Crippen LogP contribution in [0.2, 0.25) is 5.28 Å². The van der Waals surface area contributed by atoms with Crippen LogP contribution in [-0.4, -0.2) is 33.4 Å². The number of benzene rings is 1. The van der Waals surface area contributed by atoms with Crippen LogP contribution in [0.15, 0.2) is 46.6 Å². The van der Waals surface area contributed by atoms with Gasteiger partial charge < -0.3 is 10.6 Å². The first kappa shape index (κ1) is 17.7. The topological polar surface area (TPSA) is 79.8 Å². The summed E-state index contributed by atoms with van der Waals surface area (Å²) >= 11 is 8.81. The second-order valence-corrected chi connectivity index (χ2v) is 8.91. The Morgan fingerprint density at radius 3 is 2.89 bits per heavy atom. The molecule has 1 aliphatic heterocycles. The number of hydrogen-bond acceptors (Lipinski definition) is 7. The SMILES string of the molecule is C[C@@H]1CNc2c(sc3ccc4nc(Sc5ccnc(Cl)n5)ccc4c23)C(=O)N1. The Morgan fingerprint density at radius 1 is 1.18 bits per heavy atom. The van der Waals surface area contributed by atoms with E-state index in [1.54, 1.807) is 12.3 Å². The summed E-state index contributed by atoms with van der Waals surface area (Å²) < 4.78 is 1.07. The van der Waals surface area contributed by atoms with Crippen molar-refractivity contribution in [1.29, 1.82) is 0 Å². The van der Waals surface area contributed by atoms with E-state index in [9.17, 15) is 4.79 Å². The van der Waals surface area contributed by atoms with Gasteiger partial charge in [-0.25, -0.2) is 15.0 Å². The van der Waals surface area contributed by atoms with Gasteiger partial charge in [-0.05, 0) is 60.6 Å². The van der Waals surface area contributed by atoms with Crippen molar-refractivity contribution in [2.45, 2.75) is 23.0 Å². The highest BCUT2D eigenvalue weighted by Crippen LogP contribution is 2.41. The van der Waals surface area contributed by atoms with E-state index in [2.05, 4.69) is 26.7 Å². The normalized spacial score (nSPS) is 16.5. The van der Waals surface area contributed by atoms with Crippen LogP contribution in [0.4, 0.5) is 5.69 Å². The van der Waals surface area contributed by atoms with Crippen LogP contribution in [-0.2, 0) is 0 Å². The number of pyridine rings is 1. The zero-order valence-corrected chi connectivity index (χ0v) is 17.1. The van der Waals surface area contributed by atoms with Gasteiger partial charge in [0.1, 0.15) is 14.9 Å². The predicted octanol–water partition coefficient (Wildman–Crippen LogP) is 4.59. The summed E-state index contributed by atoms with van der Waals surface area (Å²) in [5, 5.41) is 10.3. The summed E-state index contributed by atoms with van der Waals surface area (Å²) in [4.78, 5) is 26.1. The molecule has 9 heteroatoms. The zero-order valence-electron chi connectivity index (χ0n) is 14.7. The van der Waals surface area contributed by atoms with Gasteiger partial charge in [-0.1, -0.05) is 0 Å². The quantitative estimate of drug-likeness (QED) is 0.360. The number of fused-ring (bicyclic) bond motifs is 5. The molecule has 1 atom stereocenters. The summed E-state index contributed by atoms with van der Waals surface area (Å²) in [5.41, 5.74) is 1.77. The van der Waals surface area contributed by atoms with Crippen LogP contribution in [0.5, 0.6) is 0 Å². The summed E-state index contributed by atoms with van der Waals surface area (Å²) in [6, 6.07) is 9.91. The van der Waals surface area contributed by atoms with E-state index in [0.29, 0.717) is 6.54 Å².